The molecule has 0 saturated heterocycles. The van der Waals surface area contributed by atoms with E-state index in [1.165, 1.54) is 45.3 Å². The van der Waals surface area contributed by atoms with Crippen molar-refractivity contribution >= 4 is 147 Å². The van der Waals surface area contributed by atoms with Crippen molar-refractivity contribution in [3.63, 3.8) is 0 Å². The summed E-state index contributed by atoms with van der Waals surface area (Å²) < 4.78 is 20.3. The van der Waals surface area contributed by atoms with E-state index in [0.717, 1.165) is 19.1 Å². The van der Waals surface area contributed by atoms with Crippen LogP contribution in [0.5, 0.6) is 11.5 Å². The molecule has 0 bridgehead atoms. The Balaban J connectivity index is 1.33. The van der Waals surface area contributed by atoms with Gasteiger partial charge in [-0.3, -0.25) is 9.59 Å². The van der Waals surface area contributed by atoms with Crippen LogP contribution in [0.1, 0.15) is 33.6 Å². The largest absolute Gasteiger partial charge is 0.494 e. The average molecular weight is 1140 g/mol. The predicted octanol–water partition coefficient (Wildman–Crippen LogP) is 8.83. The molecule has 0 atom stereocenters. The molecular formula is C62H40B2N8O6S4. The number of ketones is 2. The lowest BCUT2D eigenvalue weighted by atomic mass is 9.58. The third kappa shape index (κ3) is 9.76. The maximum atomic E-state index is 15.1. The molecule has 0 radical (unpaired) electrons. The number of aromatic nitrogens is 2. The number of carbonyl (C=O) groups excluding carboxylic acids is 4. The fourth-order valence-corrected chi connectivity index (χ4v) is 14.1. The number of carbonyl (C=O) groups is 2. The molecule has 2 aliphatic rings. The van der Waals surface area contributed by atoms with E-state index >= 15 is 9.59 Å². The van der Waals surface area contributed by atoms with Crippen molar-refractivity contribution in [2.45, 2.75) is 12.8 Å². The van der Waals surface area contributed by atoms with E-state index in [9.17, 15) is 20.1 Å². The number of hydrogen-bond donors (Lipinski definition) is 0. The third-order valence-corrected chi connectivity index (χ3v) is 17.7. The lowest BCUT2D eigenvalue weighted by Gasteiger charge is -2.22. The van der Waals surface area contributed by atoms with Crippen LogP contribution in [0, 0.1) is 22.7 Å². The summed E-state index contributed by atoms with van der Waals surface area (Å²) in [5.74, 6) is 0.219. The Bertz CT molecular complexity index is 4130. The highest BCUT2D eigenvalue weighted by Crippen LogP contribution is 2.39. The van der Waals surface area contributed by atoms with Gasteiger partial charge in [-0.05, 0) is 105 Å². The first kappa shape index (κ1) is 53.1. The van der Waals surface area contributed by atoms with Gasteiger partial charge in [-0.1, -0.05) is 72.8 Å². The van der Waals surface area contributed by atoms with Crippen LogP contribution in [0.3, 0.4) is 0 Å². The monoisotopic (exact) mass is 1140 g/mol. The molecule has 12 rings (SSSR count). The van der Waals surface area contributed by atoms with Crippen molar-refractivity contribution in [1.82, 2.24) is 8.96 Å². The van der Waals surface area contributed by atoms with Gasteiger partial charge in [-0.2, -0.15) is 55.9 Å². The second kappa shape index (κ2) is 23.6. The number of nitriles is 2. The van der Waals surface area contributed by atoms with Gasteiger partial charge in [0.05, 0.1) is 48.4 Å². The second-order valence-corrected chi connectivity index (χ2v) is 22.7. The Hall–Kier alpha value is -9.61. The van der Waals surface area contributed by atoms with Gasteiger partial charge >= 0.3 is 13.7 Å². The Morgan fingerprint density at radius 2 is 0.866 bits per heavy atom. The maximum Gasteiger partial charge on any atom is 0.349 e. The van der Waals surface area contributed by atoms with E-state index in [4.69, 9.17) is 19.5 Å². The number of fused-ring (bicyclic) bond motifs is 3. The number of isocyanates is 2. The first-order valence-electron chi connectivity index (χ1n) is 25.9. The van der Waals surface area contributed by atoms with Crippen molar-refractivity contribution < 1.29 is 28.7 Å². The number of rotatable bonds is 20. The maximum absolute atomic E-state index is 15.1. The van der Waals surface area contributed by atoms with Crippen LogP contribution >= 0.6 is 45.3 Å². The molecule has 0 amide bonds. The highest BCUT2D eigenvalue weighted by molar-refractivity contribution is 7.31. The summed E-state index contributed by atoms with van der Waals surface area (Å²) in [4.78, 5) is 69.3. The minimum atomic E-state index is -0.659. The van der Waals surface area contributed by atoms with Crippen molar-refractivity contribution in [1.29, 1.82) is 10.5 Å². The van der Waals surface area contributed by atoms with Gasteiger partial charge in [0.1, 0.15) is 46.2 Å². The van der Waals surface area contributed by atoms with Crippen LogP contribution in [-0.2, 0) is 9.59 Å². The lowest BCUT2D eigenvalue weighted by molar-refractivity contribution is 0.106. The summed E-state index contributed by atoms with van der Waals surface area (Å²) in [6.45, 7) is -0.267. The number of thiophene rings is 4. The SMILES string of the molecule is N#C/C(C1=Nc2ccccc2C1=O)=c1\c2c(-c3ccc(OCCCN=C=O)cc3)n(B(c3cccs3)c3cccs3)/c(=C(/C#N)C3=Nc4ccccc4C3=O)c2c(-c2ccc(OCCCN=C=O)cc2)n1B(c1cccs1)c1cccs1. The fraction of sp³-hybridized carbons (Fsp3) is 0.0968. The van der Waals surface area contributed by atoms with Crippen LogP contribution < -0.4 is 39.3 Å². The Morgan fingerprint density at radius 3 is 1.18 bits per heavy atom. The van der Waals surface area contributed by atoms with Gasteiger partial charge in [-0.25, -0.2) is 29.6 Å². The molecule has 6 aromatic heterocycles. The van der Waals surface area contributed by atoms with Gasteiger partial charge in [0.15, 0.2) is 0 Å². The molecule has 82 heavy (non-hydrogen) atoms. The fourth-order valence-electron chi connectivity index (χ4n) is 10.6. The molecular weight excluding hydrogens is 1100 g/mol. The van der Waals surface area contributed by atoms with Gasteiger partial charge < -0.3 is 18.4 Å². The topological polar surface area (TPSA) is 194 Å². The Labute approximate surface area is 485 Å². The minimum absolute atomic E-state index is 0.0135. The van der Waals surface area contributed by atoms with Gasteiger partial charge in [0.25, 0.3) is 0 Å². The summed E-state index contributed by atoms with van der Waals surface area (Å²) in [5, 5.41) is 34.0. The number of benzene rings is 4. The molecule has 20 heteroatoms. The summed E-state index contributed by atoms with van der Waals surface area (Å²) in [6.07, 6.45) is 4.11. The number of aliphatic imine (C=N–C) groups is 4. The molecule has 4 aromatic carbocycles. The third-order valence-electron chi connectivity index (χ3n) is 14.0. The molecule has 0 N–H and O–H groups in total. The molecule has 0 unspecified atom stereocenters. The summed E-state index contributed by atoms with van der Waals surface area (Å²) in [5.41, 5.74) is 3.80. The molecule has 394 valence electrons. The van der Waals surface area contributed by atoms with Gasteiger partial charge in [0, 0.05) is 65.2 Å². The van der Waals surface area contributed by atoms with E-state index in [1.54, 1.807) is 60.7 Å². The van der Waals surface area contributed by atoms with E-state index in [2.05, 4.69) is 31.1 Å². The van der Waals surface area contributed by atoms with E-state index in [1.807, 2.05) is 119 Å². The minimum Gasteiger partial charge on any atom is -0.494 e. The molecule has 2 aliphatic heterocycles. The van der Waals surface area contributed by atoms with E-state index < -0.39 is 25.3 Å². The molecule has 0 spiro atoms. The van der Waals surface area contributed by atoms with Crippen LogP contribution in [0.2, 0.25) is 0 Å². The highest BCUT2D eigenvalue weighted by atomic mass is 32.1. The summed E-state index contributed by atoms with van der Waals surface area (Å²) in [6, 6.07) is 50.4. The number of Topliss-reactive ketones (excluding diaryl/α,β-unsaturated/α-hetero) is 2. The smallest absolute Gasteiger partial charge is 0.349 e. The Kier molecular flexibility index (Phi) is 15.3. The first-order valence-corrected chi connectivity index (χ1v) is 29.4. The van der Waals surface area contributed by atoms with Crippen molar-refractivity contribution in [3.8, 4) is 46.2 Å². The molecule has 0 aliphatic carbocycles. The van der Waals surface area contributed by atoms with Crippen molar-refractivity contribution in [2.75, 3.05) is 26.3 Å². The molecule has 0 saturated carbocycles. The second-order valence-electron chi connectivity index (χ2n) is 18.7. The van der Waals surface area contributed by atoms with Gasteiger partial charge in [0.2, 0.25) is 23.7 Å². The van der Waals surface area contributed by atoms with Crippen LogP contribution in [0.25, 0.3) is 44.4 Å². The zero-order valence-corrected chi connectivity index (χ0v) is 46.5. The predicted molar refractivity (Wildman–Crippen MR) is 328 cm³/mol. The zero-order chi connectivity index (χ0) is 56.1. The molecule has 10 aromatic rings. The highest BCUT2D eigenvalue weighted by Gasteiger charge is 2.41. The lowest BCUT2D eigenvalue weighted by Crippen LogP contribution is -2.52. The molecule has 8 heterocycles. The first-order chi connectivity index (χ1) is 40.4. The van der Waals surface area contributed by atoms with Gasteiger partial charge in [-0.15, -0.1) is 0 Å². The van der Waals surface area contributed by atoms with Crippen LogP contribution in [-0.4, -0.2) is 84.1 Å². The van der Waals surface area contributed by atoms with Crippen LogP contribution in [0.4, 0.5) is 11.4 Å². The quantitative estimate of drug-likeness (QED) is 0.0313. The van der Waals surface area contributed by atoms with E-state index in [-0.39, 0.29) is 48.9 Å². The number of ether oxygens (including phenoxy) is 2. The van der Waals surface area contributed by atoms with Crippen molar-refractivity contribution in [2.24, 2.45) is 20.0 Å². The number of nitrogens with zero attached hydrogens (tertiary/aromatic N) is 8. The average Bonchev–Trinajstić information content (AvgIpc) is 1.73. The summed E-state index contributed by atoms with van der Waals surface area (Å²) >= 11 is 6.15. The normalized spacial score (nSPS) is 13.0. The molecule has 14 nitrogen and oxygen atoms in total. The summed E-state index contributed by atoms with van der Waals surface area (Å²) in [7, 11) is 0. The Morgan fingerprint density at radius 1 is 0.500 bits per heavy atom. The van der Waals surface area contributed by atoms with Crippen molar-refractivity contribution in [3.05, 3.63) is 189 Å². The standard InChI is InChI=1S/C62H40B2N8O6S4/c65-35-45(55-61(75)43-11-1-3-13-47(43)69-55)59-53-54(58(40-21-25-42(26-22-40)78-30-10-28-68-38-74)71(59)63(49-15-5-31-79-49)50-16-6-32-80-50)60(46(36-66)56-62(76)44-12-2-4-14-48(44)70-56)72(64(51-17-7-33-81-51)52-18-8-34-82-52)57(53)39-19-23-41(24-20-39)77-29-9-27-67-37-73/h1-8,11-26,31-34H,9-10,27-30H2/b59-45-,60-46-. The number of para-hydroxylation sites is 2. The zero-order valence-electron chi connectivity index (χ0n) is 43.2. The molecule has 0 fully saturated rings. The van der Waals surface area contributed by atoms with E-state index in [0.29, 0.717) is 90.8 Å². The number of hydrogen-bond acceptors (Lipinski definition) is 16. The van der Waals surface area contributed by atoms with Crippen LogP contribution in [0.15, 0.2) is 187 Å².